The molecule has 1 aromatic carbocycles. The standard InChI is InChI=1S/C20H22N6O3S3/c1-2-9-26-17(23-24-20(26)30)12-15-13-31-19(21-15)22-18(27)14-5-7-16(8-6-14)32(28,29)25-10-3-4-11-25/h2,5-8,13H,1,3-4,9-12H2,(H,24,30)(H,21,22,27). The lowest BCUT2D eigenvalue weighted by molar-refractivity contribution is 0.102. The summed E-state index contributed by atoms with van der Waals surface area (Å²) in [6, 6.07) is 5.97. The minimum absolute atomic E-state index is 0.195. The number of benzene rings is 1. The maximum Gasteiger partial charge on any atom is 0.257 e. The molecule has 0 unspecified atom stereocenters. The van der Waals surface area contributed by atoms with Crippen LogP contribution >= 0.6 is 23.6 Å². The summed E-state index contributed by atoms with van der Waals surface area (Å²) in [6.45, 7) is 5.34. The first-order valence-electron chi connectivity index (χ1n) is 9.99. The Morgan fingerprint density at radius 3 is 2.69 bits per heavy atom. The molecule has 0 atom stereocenters. The van der Waals surface area contributed by atoms with Crippen LogP contribution in [0, 0.1) is 4.77 Å². The zero-order valence-corrected chi connectivity index (χ0v) is 19.6. The lowest BCUT2D eigenvalue weighted by atomic mass is 10.2. The van der Waals surface area contributed by atoms with Gasteiger partial charge in [0, 0.05) is 30.6 Å². The average molecular weight is 491 g/mol. The molecule has 2 aromatic heterocycles. The Bertz CT molecular complexity index is 1280. The number of allylic oxidation sites excluding steroid dienone is 1. The van der Waals surface area contributed by atoms with Gasteiger partial charge in [-0.15, -0.1) is 17.9 Å². The highest BCUT2D eigenvalue weighted by Crippen LogP contribution is 2.22. The molecular weight excluding hydrogens is 468 g/mol. The fraction of sp³-hybridized carbons (Fsp3) is 0.300. The molecule has 1 amide bonds. The van der Waals surface area contributed by atoms with Gasteiger partial charge in [0.1, 0.15) is 5.82 Å². The van der Waals surface area contributed by atoms with E-state index in [1.54, 1.807) is 6.08 Å². The van der Waals surface area contributed by atoms with Gasteiger partial charge in [0.15, 0.2) is 9.90 Å². The van der Waals surface area contributed by atoms with Crippen LogP contribution in [-0.4, -0.2) is 51.5 Å². The molecule has 32 heavy (non-hydrogen) atoms. The van der Waals surface area contributed by atoms with Crippen molar-refractivity contribution in [1.82, 2.24) is 24.1 Å². The Morgan fingerprint density at radius 2 is 2.00 bits per heavy atom. The summed E-state index contributed by atoms with van der Waals surface area (Å²) >= 11 is 6.52. The van der Waals surface area contributed by atoms with Crippen molar-refractivity contribution >= 4 is 44.6 Å². The van der Waals surface area contributed by atoms with Crippen molar-refractivity contribution in [1.29, 1.82) is 0 Å². The highest BCUT2D eigenvalue weighted by molar-refractivity contribution is 7.89. The summed E-state index contributed by atoms with van der Waals surface area (Å²) in [5.74, 6) is 0.373. The van der Waals surface area contributed by atoms with Crippen LogP contribution in [0.4, 0.5) is 5.13 Å². The third-order valence-electron chi connectivity index (χ3n) is 5.08. The molecule has 168 valence electrons. The van der Waals surface area contributed by atoms with E-state index in [9.17, 15) is 13.2 Å². The summed E-state index contributed by atoms with van der Waals surface area (Å²) in [5.41, 5.74) is 1.10. The van der Waals surface area contributed by atoms with Crippen LogP contribution in [0.15, 0.2) is 47.2 Å². The zero-order chi connectivity index (χ0) is 22.7. The van der Waals surface area contributed by atoms with Gasteiger partial charge in [0.25, 0.3) is 5.91 Å². The van der Waals surface area contributed by atoms with Gasteiger partial charge in [-0.05, 0) is 49.3 Å². The second kappa shape index (κ2) is 9.45. The first-order chi connectivity index (χ1) is 15.4. The monoisotopic (exact) mass is 490 g/mol. The van der Waals surface area contributed by atoms with Crippen molar-refractivity contribution in [3.05, 3.63) is 64.2 Å². The van der Waals surface area contributed by atoms with E-state index in [-0.39, 0.29) is 10.8 Å². The quantitative estimate of drug-likeness (QED) is 0.370. The van der Waals surface area contributed by atoms with Crippen molar-refractivity contribution in [2.75, 3.05) is 18.4 Å². The maximum atomic E-state index is 12.6. The number of anilines is 1. The third-order valence-corrected chi connectivity index (χ3v) is 8.11. The van der Waals surface area contributed by atoms with E-state index < -0.39 is 10.0 Å². The predicted molar refractivity (Wildman–Crippen MR) is 125 cm³/mol. The first-order valence-corrected chi connectivity index (χ1v) is 12.7. The molecule has 0 aliphatic carbocycles. The fourth-order valence-corrected chi connectivity index (χ4v) is 5.88. The van der Waals surface area contributed by atoms with Crippen LogP contribution in [0.25, 0.3) is 0 Å². The summed E-state index contributed by atoms with van der Waals surface area (Å²) in [6.07, 6.45) is 3.94. The largest absolute Gasteiger partial charge is 0.300 e. The third kappa shape index (κ3) is 4.72. The minimum Gasteiger partial charge on any atom is -0.300 e. The van der Waals surface area contributed by atoms with Gasteiger partial charge in [0.2, 0.25) is 10.0 Å². The Kier molecular flexibility index (Phi) is 6.65. The number of H-pyrrole nitrogens is 1. The summed E-state index contributed by atoms with van der Waals surface area (Å²) in [4.78, 5) is 17.2. The number of sulfonamides is 1. The van der Waals surface area contributed by atoms with Crippen LogP contribution < -0.4 is 5.32 Å². The molecule has 3 heterocycles. The molecule has 3 aromatic rings. The van der Waals surface area contributed by atoms with Gasteiger partial charge < -0.3 is 0 Å². The first kappa shape index (κ1) is 22.5. The highest BCUT2D eigenvalue weighted by atomic mass is 32.2. The SMILES string of the molecule is C=CCn1c(Cc2csc(NC(=O)c3ccc(S(=O)(=O)N4CCCC4)cc3)n2)n[nH]c1=S. The number of aromatic amines is 1. The number of amides is 1. The molecule has 0 spiro atoms. The normalized spacial score (nSPS) is 14.5. The molecule has 0 radical (unpaired) electrons. The Hall–Kier alpha value is -2.67. The molecule has 9 nitrogen and oxygen atoms in total. The Morgan fingerprint density at radius 1 is 1.28 bits per heavy atom. The van der Waals surface area contributed by atoms with E-state index >= 15 is 0 Å². The lowest BCUT2D eigenvalue weighted by Crippen LogP contribution is -2.27. The number of nitrogens with zero attached hydrogens (tertiary/aromatic N) is 4. The topological polar surface area (TPSA) is 113 Å². The number of hydrogen-bond donors (Lipinski definition) is 2. The number of thiazole rings is 1. The van der Waals surface area contributed by atoms with Crippen molar-refractivity contribution in [2.24, 2.45) is 0 Å². The number of rotatable bonds is 8. The van der Waals surface area contributed by atoms with Crippen LogP contribution in [0.2, 0.25) is 0 Å². The van der Waals surface area contributed by atoms with Crippen LogP contribution in [0.5, 0.6) is 0 Å². The predicted octanol–water partition coefficient (Wildman–Crippen LogP) is 3.21. The molecule has 1 aliphatic rings. The molecule has 12 heteroatoms. The molecular formula is C20H22N6O3S3. The summed E-state index contributed by atoms with van der Waals surface area (Å²) in [5, 5.41) is 12.0. The van der Waals surface area contributed by atoms with Gasteiger partial charge >= 0.3 is 0 Å². The molecule has 1 fully saturated rings. The molecule has 0 saturated carbocycles. The summed E-state index contributed by atoms with van der Waals surface area (Å²) in [7, 11) is -3.51. The van der Waals surface area contributed by atoms with Crippen molar-refractivity contribution in [3.63, 3.8) is 0 Å². The van der Waals surface area contributed by atoms with E-state index in [1.165, 1.54) is 39.9 Å². The zero-order valence-electron chi connectivity index (χ0n) is 17.2. The van der Waals surface area contributed by atoms with Gasteiger partial charge in [-0.2, -0.15) is 9.40 Å². The second-order valence-electron chi connectivity index (χ2n) is 7.25. The molecule has 4 rings (SSSR count). The minimum atomic E-state index is -3.51. The van der Waals surface area contributed by atoms with E-state index in [4.69, 9.17) is 12.2 Å². The number of hydrogen-bond acceptors (Lipinski definition) is 7. The van der Waals surface area contributed by atoms with Crippen molar-refractivity contribution in [2.45, 2.75) is 30.7 Å². The molecule has 2 N–H and O–H groups in total. The number of carbonyl (C=O) groups is 1. The van der Waals surface area contributed by atoms with Gasteiger partial charge in [-0.25, -0.2) is 13.4 Å². The van der Waals surface area contributed by atoms with E-state index in [1.807, 2.05) is 9.95 Å². The van der Waals surface area contributed by atoms with Crippen LogP contribution in [0.3, 0.4) is 0 Å². The molecule has 0 bridgehead atoms. The summed E-state index contributed by atoms with van der Waals surface area (Å²) < 4.78 is 29.1. The second-order valence-corrected chi connectivity index (χ2v) is 10.4. The van der Waals surface area contributed by atoms with Gasteiger partial charge in [-0.3, -0.25) is 19.8 Å². The Balaban J connectivity index is 1.42. The number of aromatic nitrogens is 4. The molecule has 1 saturated heterocycles. The number of carbonyl (C=O) groups excluding carboxylic acids is 1. The maximum absolute atomic E-state index is 12.6. The lowest BCUT2D eigenvalue weighted by Gasteiger charge is -2.15. The highest BCUT2D eigenvalue weighted by Gasteiger charge is 2.27. The van der Waals surface area contributed by atoms with Crippen LogP contribution in [0.1, 0.15) is 34.7 Å². The van der Waals surface area contributed by atoms with Gasteiger partial charge in [-0.1, -0.05) is 6.08 Å². The van der Waals surface area contributed by atoms with E-state index in [0.29, 0.717) is 41.5 Å². The number of nitrogens with one attached hydrogen (secondary N) is 2. The van der Waals surface area contributed by atoms with Gasteiger partial charge in [0.05, 0.1) is 17.0 Å². The van der Waals surface area contributed by atoms with E-state index in [2.05, 4.69) is 27.1 Å². The smallest absolute Gasteiger partial charge is 0.257 e. The van der Waals surface area contributed by atoms with E-state index in [0.717, 1.165) is 24.4 Å². The van der Waals surface area contributed by atoms with Crippen molar-refractivity contribution < 1.29 is 13.2 Å². The Labute approximate surface area is 194 Å². The fourth-order valence-electron chi connectivity index (χ4n) is 3.44. The molecule has 1 aliphatic heterocycles. The average Bonchev–Trinajstić information content (AvgIpc) is 3.53. The van der Waals surface area contributed by atoms with Crippen LogP contribution in [-0.2, 0) is 23.0 Å². The van der Waals surface area contributed by atoms with Crippen molar-refractivity contribution in [3.8, 4) is 0 Å².